The second-order valence-corrected chi connectivity index (χ2v) is 7.25. The molecule has 2 atom stereocenters. The minimum atomic E-state index is -0.278. The highest BCUT2D eigenvalue weighted by atomic mass is 127. The number of hydrogen-bond donors (Lipinski definition) is 2. The van der Waals surface area contributed by atoms with Crippen molar-refractivity contribution in [3.63, 3.8) is 0 Å². The van der Waals surface area contributed by atoms with Crippen molar-refractivity contribution in [3.8, 4) is 5.75 Å². The van der Waals surface area contributed by atoms with Crippen LogP contribution in [0.3, 0.4) is 0 Å². The number of para-hydroxylation sites is 1. The molecule has 2 heterocycles. The number of nitrogens with zero attached hydrogens (tertiary/aromatic N) is 3. The quantitative estimate of drug-likeness (QED) is 0.326. The van der Waals surface area contributed by atoms with Crippen LogP contribution in [0.15, 0.2) is 47.6 Å². The van der Waals surface area contributed by atoms with Gasteiger partial charge >= 0.3 is 0 Å². The van der Waals surface area contributed by atoms with Gasteiger partial charge in [0.15, 0.2) is 17.6 Å². The first kappa shape index (κ1) is 24.2. The van der Waals surface area contributed by atoms with Gasteiger partial charge in [0.25, 0.3) is 0 Å². The molecule has 1 aliphatic rings. The highest BCUT2D eigenvalue weighted by molar-refractivity contribution is 14.0. The predicted molar refractivity (Wildman–Crippen MR) is 131 cm³/mol. The van der Waals surface area contributed by atoms with Crippen LogP contribution >= 0.6 is 24.0 Å². The maximum Gasteiger partial charge on any atom is 0.191 e. The molecule has 8 heteroatoms. The molecule has 2 unspecified atom stereocenters. The summed E-state index contributed by atoms with van der Waals surface area (Å²) in [6.45, 7) is 7.07. The summed E-state index contributed by atoms with van der Waals surface area (Å²) in [6.07, 6.45) is 2.53. The number of nitrogens with one attached hydrogen (secondary N) is 2. The number of benzene rings is 1. The van der Waals surface area contributed by atoms with Gasteiger partial charge in [-0.15, -0.1) is 24.0 Å². The number of methoxy groups -OCH3 is 1. The molecule has 0 amide bonds. The smallest absolute Gasteiger partial charge is 0.191 e. The van der Waals surface area contributed by atoms with Gasteiger partial charge in [0, 0.05) is 44.3 Å². The second-order valence-electron chi connectivity index (χ2n) is 7.25. The van der Waals surface area contributed by atoms with Crippen LogP contribution in [-0.4, -0.2) is 50.3 Å². The van der Waals surface area contributed by atoms with Crippen LogP contribution in [-0.2, 0) is 0 Å². The molecule has 3 rings (SSSR count). The van der Waals surface area contributed by atoms with Gasteiger partial charge in [-0.1, -0.05) is 25.1 Å². The lowest BCUT2D eigenvalue weighted by Gasteiger charge is -2.20. The van der Waals surface area contributed by atoms with Gasteiger partial charge in [0.1, 0.15) is 5.75 Å². The minimum absolute atomic E-state index is 0. The molecular weight excluding hydrogens is 496 g/mol. The fraction of sp³-hybridized carbons (Fsp3) is 0.455. The van der Waals surface area contributed by atoms with Crippen LogP contribution < -0.4 is 20.3 Å². The fourth-order valence-electron chi connectivity index (χ4n) is 3.59. The van der Waals surface area contributed by atoms with Gasteiger partial charge in [-0.3, -0.25) is 4.99 Å². The highest BCUT2D eigenvalue weighted by Gasteiger charge is 2.26. The van der Waals surface area contributed by atoms with Gasteiger partial charge in [-0.2, -0.15) is 0 Å². The number of rotatable bonds is 7. The Kier molecular flexibility index (Phi) is 9.61. The minimum Gasteiger partial charge on any atom is -0.496 e. The molecule has 0 radical (unpaired) electrons. The van der Waals surface area contributed by atoms with E-state index in [4.69, 9.17) is 9.73 Å². The van der Waals surface area contributed by atoms with Crippen LogP contribution in [0, 0.1) is 5.82 Å². The lowest BCUT2D eigenvalue weighted by atomic mass is 10.0. The molecule has 164 valence electrons. The molecule has 1 aromatic carbocycles. The van der Waals surface area contributed by atoms with E-state index >= 15 is 0 Å². The predicted octanol–water partition coefficient (Wildman–Crippen LogP) is 3.78. The Morgan fingerprint density at radius 3 is 2.87 bits per heavy atom. The topological polar surface area (TPSA) is 61.8 Å². The molecule has 1 aliphatic heterocycles. The van der Waals surface area contributed by atoms with Gasteiger partial charge in [0.05, 0.1) is 7.11 Å². The first-order chi connectivity index (χ1) is 14.1. The summed E-state index contributed by atoms with van der Waals surface area (Å²) in [4.78, 5) is 10.9. The monoisotopic (exact) mass is 527 g/mol. The van der Waals surface area contributed by atoms with E-state index in [0.717, 1.165) is 36.8 Å². The van der Waals surface area contributed by atoms with Gasteiger partial charge in [-0.25, -0.2) is 9.37 Å². The van der Waals surface area contributed by atoms with E-state index in [9.17, 15) is 4.39 Å². The number of hydrogen-bond acceptors (Lipinski definition) is 4. The Morgan fingerprint density at radius 2 is 2.13 bits per heavy atom. The number of aliphatic imine (C=N–C) groups is 1. The average molecular weight is 527 g/mol. The SMILES string of the molecule is CCNC(=NCC(C)c1ccccc1OC)NC1CCN(c2ncccc2F)C1.I. The average Bonchev–Trinajstić information content (AvgIpc) is 3.20. The number of ether oxygens (including phenoxy) is 1. The van der Waals surface area contributed by atoms with Crippen molar-refractivity contribution in [2.24, 2.45) is 4.99 Å². The summed E-state index contributed by atoms with van der Waals surface area (Å²) in [7, 11) is 1.69. The van der Waals surface area contributed by atoms with E-state index in [0.29, 0.717) is 18.9 Å². The number of halogens is 2. The summed E-state index contributed by atoms with van der Waals surface area (Å²) in [6, 6.07) is 11.3. The third kappa shape index (κ3) is 6.20. The van der Waals surface area contributed by atoms with E-state index in [1.54, 1.807) is 19.4 Å². The highest BCUT2D eigenvalue weighted by Crippen LogP contribution is 2.26. The van der Waals surface area contributed by atoms with Crippen molar-refractivity contribution in [3.05, 3.63) is 54.0 Å². The summed E-state index contributed by atoms with van der Waals surface area (Å²) in [5.74, 6) is 2.03. The first-order valence-corrected chi connectivity index (χ1v) is 10.2. The van der Waals surface area contributed by atoms with Crippen LogP contribution in [0.4, 0.5) is 10.2 Å². The third-order valence-corrected chi connectivity index (χ3v) is 5.11. The van der Waals surface area contributed by atoms with Gasteiger partial charge < -0.3 is 20.3 Å². The standard InChI is InChI=1S/C22H30FN5O.HI/c1-4-24-22(26-14-16(2)18-8-5-6-10-20(18)29-3)27-17-11-13-28(15-17)21-19(23)9-7-12-25-21;/h5-10,12,16-17H,4,11,13-15H2,1-3H3,(H2,24,26,27);1H. The molecule has 1 aromatic heterocycles. The van der Waals surface area contributed by atoms with Crippen molar-refractivity contribution in [1.29, 1.82) is 0 Å². The molecule has 2 aromatic rings. The normalized spacial score (nSPS) is 17.3. The summed E-state index contributed by atoms with van der Waals surface area (Å²) in [5, 5.41) is 6.80. The zero-order chi connectivity index (χ0) is 20.6. The Balaban J connectivity index is 0.00000320. The Hall–Kier alpha value is -2.10. The number of aromatic nitrogens is 1. The zero-order valence-corrected chi connectivity index (χ0v) is 20.1. The number of guanidine groups is 1. The summed E-state index contributed by atoms with van der Waals surface area (Å²) >= 11 is 0. The van der Waals surface area contributed by atoms with Crippen molar-refractivity contribution in [2.45, 2.75) is 32.2 Å². The molecule has 0 aliphatic carbocycles. The molecular formula is C22H31FIN5O. The molecule has 1 fully saturated rings. The summed E-state index contributed by atoms with van der Waals surface area (Å²) in [5.41, 5.74) is 1.15. The second kappa shape index (κ2) is 11.9. The van der Waals surface area contributed by atoms with Crippen LogP contribution in [0.1, 0.15) is 31.7 Å². The first-order valence-electron chi connectivity index (χ1n) is 10.2. The van der Waals surface area contributed by atoms with Crippen molar-refractivity contribution >= 4 is 35.8 Å². The van der Waals surface area contributed by atoms with E-state index in [-0.39, 0.29) is 41.8 Å². The maximum absolute atomic E-state index is 14.0. The molecule has 1 saturated heterocycles. The van der Waals surface area contributed by atoms with Crippen LogP contribution in [0.25, 0.3) is 0 Å². The Labute approximate surface area is 195 Å². The van der Waals surface area contributed by atoms with E-state index in [1.165, 1.54) is 6.07 Å². The summed E-state index contributed by atoms with van der Waals surface area (Å²) < 4.78 is 19.5. The van der Waals surface area contributed by atoms with E-state index in [1.807, 2.05) is 30.0 Å². The van der Waals surface area contributed by atoms with Crippen molar-refractivity contribution in [2.75, 3.05) is 38.2 Å². The zero-order valence-electron chi connectivity index (χ0n) is 17.8. The molecule has 30 heavy (non-hydrogen) atoms. The fourth-order valence-corrected chi connectivity index (χ4v) is 3.59. The van der Waals surface area contributed by atoms with Gasteiger partial charge in [0.2, 0.25) is 0 Å². The molecule has 6 nitrogen and oxygen atoms in total. The van der Waals surface area contributed by atoms with Crippen LogP contribution in [0.5, 0.6) is 5.75 Å². The van der Waals surface area contributed by atoms with E-state index in [2.05, 4.69) is 28.6 Å². The van der Waals surface area contributed by atoms with Gasteiger partial charge in [-0.05, 0) is 37.1 Å². The Bertz CT molecular complexity index is 835. The molecule has 0 saturated carbocycles. The lowest BCUT2D eigenvalue weighted by molar-refractivity contribution is 0.406. The largest absolute Gasteiger partial charge is 0.496 e. The Morgan fingerprint density at radius 1 is 1.33 bits per heavy atom. The molecule has 0 spiro atoms. The maximum atomic E-state index is 14.0. The molecule has 0 bridgehead atoms. The van der Waals surface area contributed by atoms with Crippen LogP contribution in [0.2, 0.25) is 0 Å². The van der Waals surface area contributed by atoms with Crippen molar-refractivity contribution < 1.29 is 9.13 Å². The van der Waals surface area contributed by atoms with E-state index < -0.39 is 0 Å². The number of pyridine rings is 1. The number of anilines is 1. The third-order valence-electron chi connectivity index (χ3n) is 5.11. The lowest BCUT2D eigenvalue weighted by Crippen LogP contribution is -2.44. The van der Waals surface area contributed by atoms with Crippen molar-refractivity contribution in [1.82, 2.24) is 15.6 Å². The molecule has 2 N–H and O–H groups in total.